The van der Waals surface area contributed by atoms with Gasteiger partial charge < -0.3 is 5.32 Å². The molecule has 3 aliphatic rings. The van der Waals surface area contributed by atoms with Crippen LogP contribution in [0, 0.1) is 5.92 Å². The number of carbonyl (C=O) groups is 2. The molecule has 24 heavy (non-hydrogen) atoms. The predicted molar refractivity (Wildman–Crippen MR) is 93.3 cm³/mol. The van der Waals surface area contributed by atoms with Crippen LogP contribution < -0.4 is 10.6 Å². The topological polar surface area (TPSA) is 73.8 Å². The van der Waals surface area contributed by atoms with Gasteiger partial charge in [0, 0.05) is 26.4 Å². The Hall–Kier alpha value is -1.69. The quantitative estimate of drug-likeness (QED) is 0.773. The molecule has 0 radical (unpaired) electrons. The molecule has 2 heterocycles. The minimum absolute atomic E-state index is 0.0136. The Kier molecular flexibility index (Phi) is 5.66. The van der Waals surface area contributed by atoms with Crippen molar-refractivity contribution >= 4 is 17.5 Å². The van der Waals surface area contributed by atoms with Gasteiger partial charge in [0.15, 0.2) is 0 Å². The van der Waals surface area contributed by atoms with E-state index in [1.54, 1.807) is 12.6 Å². The molecule has 2 N–H and O–H groups in total. The number of nitrogens with zero attached hydrogens (tertiary/aromatic N) is 2. The summed E-state index contributed by atoms with van der Waals surface area (Å²) in [5.41, 5.74) is 2.08. The molecule has 1 fully saturated rings. The summed E-state index contributed by atoms with van der Waals surface area (Å²) in [6, 6.07) is 0. The fraction of sp³-hybridized carbons (Fsp3) is 0.722. The molecule has 0 bridgehead atoms. The number of piperidine rings is 1. The Balaban J connectivity index is 1.43. The molecular formula is C18H28N4O2. The average Bonchev–Trinajstić information content (AvgIpc) is 2.60. The molecule has 6 heteroatoms. The van der Waals surface area contributed by atoms with E-state index in [-0.39, 0.29) is 18.0 Å². The van der Waals surface area contributed by atoms with Gasteiger partial charge in [0.05, 0.1) is 6.17 Å². The molecule has 2 unspecified atom stereocenters. The SMILES string of the molecule is CN1N=C(C(=O)NC2CCC(CC3=CCCCC3)CN2)CCC1=O. The maximum atomic E-state index is 12.3. The zero-order chi connectivity index (χ0) is 16.9. The van der Waals surface area contributed by atoms with Crippen LogP contribution in [0.3, 0.4) is 0 Å². The summed E-state index contributed by atoms with van der Waals surface area (Å²) in [5, 5.41) is 11.8. The number of hydrogen-bond donors (Lipinski definition) is 2. The first kappa shape index (κ1) is 17.1. The monoisotopic (exact) mass is 332 g/mol. The summed E-state index contributed by atoms with van der Waals surface area (Å²) in [7, 11) is 1.60. The minimum Gasteiger partial charge on any atom is -0.336 e. The highest BCUT2D eigenvalue weighted by Gasteiger charge is 2.26. The molecule has 2 atom stereocenters. The van der Waals surface area contributed by atoms with Crippen LogP contribution >= 0.6 is 0 Å². The van der Waals surface area contributed by atoms with Gasteiger partial charge in [0.25, 0.3) is 5.91 Å². The third-order valence-electron chi connectivity index (χ3n) is 5.23. The van der Waals surface area contributed by atoms with E-state index in [1.165, 1.54) is 37.1 Å². The first-order valence-electron chi connectivity index (χ1n) is 9.18. The van der Waals surface area contributed by atoms with Crippen LogP contribution in [0.4, 0.5) is 0 Å². The molecule has 0 aromatic heterocycles. The second-order valence-electron chi connectivity index (χ2n) is 7.15. The van der Waals surface area contributed by atoms with Gasteiger partial charge in [0.1, 0.15) is 5.71 Å². The fourth-order valence-electron chi connectivity index (χ4n) is 3.75. The standard InChI is InChI=1S/C18H28N4O2/c1-22-17(23)10-8-15(21-22)18(24)20-16-9-7-14(12-19-16)11-13-5-3-2-4-6-13/h5,14,16,19H,2-4,6-12H2,1H3,(H,20,24). The highest BCUT2D eigenvalue weighted by atomic mass is 16.2. The number of amides is 2. The smallest absolute Gasteiger partial charge is 0.268 e. The van der Waals surface area contributed by atoms with Crippen LogP contribution in [0.1, 0.15) is 57.8 Å². The van der Waals surface area contributed by atoms with Crippen LogP contribution in [0.15, 0.2) is 16.8 Å². The Labute approximate surface area is 143 Å². The lowest BCUT2D eigenvalue weighted by molar-refractivity contribution is -0.130. The number of hydrazone groups is 1. The van der Waals surface area contributed by atoms with Crippen molar-refractivity contribution in [1.82, 2.24) is 15.6 Å². The molecule has 1 aliphatic carbocycles. The van der Waals surface area contributed by atoms with Gasteiger partial charge in [-0.3, -0.25) is 14.9 Å². The van der Waals surface area contributed by atoms with Gasteiger partial charge in [-0.25, -0.2) is 5.01 Å². The summed E-state index contributed by atoms with van der Waals surface area (Å²) in [5.74, 6) is 0.487. The minimum atomic E-state index is -0.153. The van der Waals surface area contributed by atoms with Crippen molar-refractivity contribution in [1.29, 1.82) is 0 Å². The summed E-state index contributed by atoms with van der Waals surface area (Å²) >= 11 is 0. The second-order valence-corrected chi connectivity index (χ2v) is 7.15. The van der Waals surface area contributed by atoms with Gasteiger partial charge >= 0.3 is 0 Å². The maximum Gasteiger partial charge on any atom is 0.268 e. The first-order chi connectivity index (χ1) is 11.6. The lowest BCUT2D eigenvalue weighted by atomic mass is 9.87. The summed E-state index contributed by atoms with van der Waals surface area (Å²) < 4.78 is 0. The molecule has 0 spiro atoms. The zero-order valence-corrected chi connectivity index (χ0v) is 14.5. The largest absolute Gasteiger partial charge is 0.336 e. The van der Waals surface area contributed by atoms with Gasteiger partial charge in [-0.2, -0.15) is 5.10 Å². The molecule has 3 rings (SSSR count). The van der Waals surface area contributed by atoms with E-state index in [0.29, 0.717) is 24.5 Å². The van der Waals surface area contributed by atoms with Crippen molar-refractivity contribution in [2.24, 2.45) is 11.0 Å². The molecule has 6 nitrogen and oxygen atoms in total. The molecule has 2 amide bonds. The first-order valence-corrected chi connectivity index (χ1v) is 9.18. The van der Waals surface area contributed by atoms with E-state index in [2.05, 4.69) is 21.8 Å². The predicted octanol–water partition coefficient (Wildman–Crippen LogP) is 1.93. The van der Waals surface area contributed by atoms with Gasteiger partial charge in [-0.15, -0.1) is 0 Å². The Morgan fingerprint density at radius 2 is 2.21 bits per heavy atom. The lowest BCUT2D eigenvalue weighted by Crippen LogP contribution is -2.52. The van der Waals surface area contributed by atoms with Gasteiger partial charge in [0.2, 0.25) is 5.91 Å². The summed E-state index contributed by atoms with van der Waals surface area (Å²) in [6.07, 6.45) is 11.7. The van der Waals surface area contributed by atoms with Crippen LogP contribution in [0.25, 0.3) is 0 Å². The molecule has 0 aromatic rings. The number of carbonyl (C=O) groups excluding carboxylic acids is 2. The molecule has 1 saturated heterocycles. The van der Waals surface area contributed by atoms with Crippen molar-refractivity contribution in [2.75, 3.05) is 13.6 Å². The van der Waals surface area contributed by atoms with Crippen molar-refractivity contribution in [3.63, 3.8) is 0 Å². The van der Waals surface area contributed by atoms with Crippen LogP contribution in [-0.2, 0) is 9.59 Å². The maximum absolute atomic E-state index is 12.3. The van der Waals surface area contributed by atoms with E-state index in [9.17, 15) is 9.59 Å². The van der Waals surface area contributed by atoms with Crippen molar-refractivity contribution < 1.29 is 9.59 Å². The van der Waals surface area contributed by atoms with Crippen molar-refractivity contribution in [2.45, 2.75) is 64.0 Å². The second kappa shape index (κ2) is 7.92. The molecule has 132 valence electrons. The fourth-order valence-corrected chi connectivity index (χ4v) is 3.75. The Morgan fingerprint density at radius 1 is 1.33 bits per heavy atom. The zero-order valence-electron chi connectivity index (χ0n) is 14.5. The Bertz CT molecular complexity index is 547. The molecule has 2 aliphatic heterocycles. The summed E-state index contributed by atoms with van der Waals surface area (Å²) in [4.78, 5) is 23.7. The van der Waals surface area contributed by atoms with E-state index in [1.807, 2.05) is 0 Å². The highest BCUT2D eigenvalue weighted by Crippen LogP contribution is 2.27. The number of nitrogens with one attached hydrogen (secondary N) is 2. The third-order valence-corrected chi connectivity index (χ3v) is 5.23. The third kappa shape index (κ3) is 4.44. The Morgan fingerprint density at radius 3 is 2.88 bits per heavy atom. The molecule has 0 saturated carbocycles. The number of hydrogen-bond acceptors (Lipinski definition) is 4. The lowest BCUT2D eigenvalue weighted by Gasteiger charge is -2.31. The van der Waals surface area contributed by atoms with E-state index in [0.717, 1.165) is 19.4 Å². The van der Waals surface area contributed by atoms with E-state index >= 15 is 0 Å². The van der Waals surface area contributed by atoms with Crippen molar-refractivity contribution in [3.05, 3.63) is 11.6 Å². The number of rotatable bonds is 4. The normalized spacial score (nSPS) is 28.2. The summed E-state index contributed by atoms with van der Waals surface area (Å²) in [6.45, 7) is 0.952. The van der Waals surface area contributed by atoms with Gasteiger partial charge in [-0.05, 0) is 50.9 Å². The van der Waals surface area contributed by atoms with Gasteiger partial charge in [-0.1, -0.05) is 11.6 Å². The van der Waals surface area contributed by atoms with Crippen LogP contribution in [0.2, 0.25) is 0 Å². The number of allylic oxidation sites excluding steroid dienone is 2. The van der Waals surface area contributed by atoms with E-state index in [4.69, 9.17) is 0 Å². The molecular weight excluding hydrogens is 304 g/mol. The van der Waals surface area contributed by atoms with E-state index < -0.39 is 0 Å². The van der Waals surface area contributed by atoms with Crippen LogP contribution in [-0.4, -0.2) is 42.3 Å². The van der Waals surface area contributed by atoms with Crippen LogP contribution in [0.5, 0.6) is 0 Å². The molecule has 0 aromatic carbocycles. The highest BCUT2D eigenvalue weighted by molar-refractivity contribution is 6.39. The van der Waals surface area contributed by atoms with Crippen molar-refractivity contribution in [3.8, 4) is 0 Å². The average molecular weight is 332 g/mol.